The second kappa shape index (κ2) is 8.84. The van der Waals surface area contributed by atoms with Gasteiger partial charge >= 0.3 is 0 Å². The van der Waals surface area contributed by atoms with Crippen molar-refractivity contribution in [3.63, 3.8) is 0 Å². The zero-order valence-electron chi connectivity index (χ0n) is 15.0. The Morgan fingerprint density at radius 2 is 1.50 bits per heavy atom. The van der Waals surface area contributed by atoms with Gasteiger partial charge in [-0.3, -0.25) is 9.59 Å². The first kappa shape index (κ1) is 17.7. The minimum Gasteiger partial charge on any atom is -0.339 e. The van der Waals surface area contributed by atoms with Gasteiger partial charge in [-0.1, -0.05) is 32.1 Å². The van der Waals surface area contributed by atoms with E-state index >= 15 is 0 Å². The van der Waals surface area contributed by atoms with Gasteiger partial charge in [0.1, 0.15) is 0 Å². The third-order valence-electron chi connectivity index (χ3n) is 6.06. The molecule has 2 saturated heterocycles. The second-order valence-corrected chi connectivity index (χ2v) is 7.80. The zero-order chi connectivity index (χ0) is 16.8. The molecule has 0 aromatic rings. The van der Waals surface area contributed by atoms with Crippen LogP contribution in [0.4, 0.5) is 0 Å². The number of nitrogens with one attached hydrogen (secondary N) is 1. The van der Waals surface area contributed by atoms with Gasteiger partial charge in [-0.15, -0.1) is 0 Å². The summed E-state index contributed by atoms with van der Waals surface area (Å²) in [5.74, 6) is 1.32. The molecule has 1 atom stereocenters. The third-order valence-corrected chi connectivity index (χ3v) is 6.06. The molecular formula is C19H33N3O2. The van der Waals surface area contributed by atoms with E-state index in [0.717, 1.165) is 25.3 Å². The van der Waals surface area contributed by atoms with E-state index in [1.807, 2.05) is 9.80 Å². The van der Waals surface area contributed by atoms with Crippen LogP contribution in [-0.2, 0) is 9.59 Å². The van der Waals surface area contributed by atoms with Crippen LogP contribution >= 0.6 is 0 Å². The fourth-order valence-electron chi connectivity index (χ4n) is 4.44. The summed E-state index contributed by atoms with van der Waals surface area (Å²) in [6.45, 7) is 3.89. The highest BCUT2D eigenvalue weighted by Gasteiger charge is 2.27. The minimum atomic E-state index is 0.253. The van der Waals surface area contributed by atoms with Crippen molar-refractivity contribution in [2.45, 2.75) is 70.3 Å². The van der Waals surface area contributed by atoms with Gasteiger partial charge in [0.15, 0.2) is 0 Å². The molecule has 2 aliphatic heterocycles. The SMILES string of the molecule is O=C(CCC1CCCCC1)N1CCN(C(=O)CC2CCCN2)CC1. The van der Waals surface area contributed by atoms with Gasteiger partial charge in [0.25, 0.3) is 0 Å². The summed E-state index contributed by atoms with van der Waals surface area (Å²) >= 11 is 0. The molecule has 136 valence electrons. The Labute approximate surface area is 146 Å². The summed E-state index contributed by atoms with van der Waals surface area (Å²) in [5, 5.41) is 3.39. The van der Waals surface area contributed by atoms with Crippen LogP contribution in [0.15, 0.2) is 0 Å². The number of hydrogen-bond donors (Lipinski definition) is 1. The van der Waals surface area contributed by atoms with Gasteiger partial charge in [-0.25, -0.2) is 0 Å². The maximum absolute atomic E-state index is 12.4. The average molecular weight is 335 g/mol. The Bertz CT molecular complexity index is 420. The van der Waals surface area contributed by atoms with Crippen LogP contribution in [0.3, 0.4) is 0 Å². The highest BCUT2D eigenvalue weighted by atomic mass is 16.2. The Kier molecular flexibility index (Phi) is 6.52. The summed E-state index contributed by atoms with van der Waals surface area (Å²) < 4.78 is 0. The molecule has 1 N–H and O–H groups in total. The number of nitrogens with zero attached hydrogens (tertiary/aromatic N) is 2. The maximum atomic E-state index is 12.4. The first-order chi connectivity index (χ1) is 11.7. The number of carbonyl (C=O) groups excluding carboxylic acids is 2. The van der Waals surface area contributed by atoms with Crippen molar-refractivity contribution >= 4 is 11.8 Å². The van der Waals surface area contributed by atoms with Crippen LogP contribution in [0.25, 0.3) is 0 Å². The average Bonchev–Trinajstić information content (AvgIpc) is 3.13. The number of piperazine rings is 1. The van der Waals surface area contributed by atoms with Gasteiger partial charge in [0.05, 0.1) is 0 Å². The smallest absolute Gasteiger partial charge is 0.224 e. The van der Waals surface area contributed by atoms with Crippen molar-refractivity contribution in [3.05, 3.63) is 0 Å². The Hall–Kier alpha value is -1.10. The van der Waals surface area contributed by atoms with Crippen molar-refractivity contribution < 1.29 is 9.59 Å². The van der Waals surface area contributed by atoms with Crippen molar-refractivity contribution in [3.8, 4) is 0 Å². The molecule has 1 unspecified atom stereocenters. The van der Waals surface area contributed by atoms with Crippen molar-refractivity contribution in [1.29, 1.82) is 0 Å². The van der Waals surface area contributed by atoms with Crippen LogP contribution in [-0.4, -0.2) is 60.4 Å². The van der Waals surface area contributed by atoms with E-state index in [1.165, 1.54) is 38.5 Å². The van der Waals surface area contributed by atoms with E-state index in [0.29, 0.717) is 51.0 Å². The molecule has 2 heterocycles. The largest absolute Gasteiger partial charge is 0.339 e. The summed E-state index contributed by atoms with van der Waals surface area (Å²) in [6.07, 6.45) is 11.4. The van der Waals surface area contributed by atoms with Crippen LogP contribution in [0, 0.1) is 5.92 Å². The molecule has 0 radical (unpaired) electrons. The highest BCUT2D eigenvalue weighted by Crippen LogP contribution is 2.27. The number of carbonyl (C=O) groups is 2. The predicted octanol–water partition coefficient (Wildman–Crippen LogP) is 2.16. The molecule has 1 saturated carbocycles. The lowest BCUT2D eigenvalue weighted by Gasteiger charge is -2.35. The number of rotatable bonds is 5. The normalized spacial score (nSPS) is 25.9. The minimum absolute atomic E-state index is 0.253. The molecule has 5 nitrogen and oxygen atoms in total. The fraction of sp³-hybridized carbons (Fsp3) is 0.895. The molecule has 24 heavy (non-hydrogen) atoms. The first-order valence-corrected chi connectivity index (χ1v) is 10.0. The van der Waals surface area contributed by atoms with E-state index in [9.17, 15) is 9.59 Å². The second-order valence-electron chi connectivity index (χ2n) is 7.80. The van der Waals surface area contributed by atoms with Gasteiger partial charge in [-0.05, 0) is 31.7 Å². The van der Waals surface area contributed by atoms with Crippen LogP contribution in [0.2, 0.25) is 0 Å². The third kappa shape index (κ3) is 4.95. The lowest BCUT2D eigenvalue weighted by Crippen LogP contribution is -2.51. The highest BCUT2D eigenvalue weighted by molar-refractivity contribution is 5.78. The van der Waals surface area contributed by atoms with E-state index in [2.05, 4.69) is 5.32 Å². The lowest BCUT2D eigenvalue weighted by atomic mass is 9.86. The summed E-state index contributed by atoms with van der Waals surface area (Å²) in [5.41, 5.74) is 0. The van der Waals surface area contributed by atoms with E-state index < -0.39 is 0 Å². The maximum Gasteiger partial charge on any atom is 0.224 e. The summed E-state index contributed by atoms with van der Waals surface area (Å²) in [7, 11) is 0. The topological polar surface area (TPSA) is 52.7 Å². The lowest BCUT2D eigenvalue weighted by molar-refractivity contribution is -0.140. The molecule has 3 aliphatic rings. The van der Waals surface area contributed by atoms with Crippen molar-refractivity contribution in [2.24, 2.45) is 5.92 Å². The number of amides is 2. The fourth-order valence-corrected chi connectivity index (χ4v) is 4.44. The zero-order valence-corrected chi connectivity index (χ0v) is 15.0. The molecule has 0 spiro atoms. The quantitative estimate of drug-likeness (QED) is 0.838. The van der Waals surface area contributed by atoms with Gasteiger partial charge < -0.3 is 15.1 Å². The van der Waals surface area contributed by atoms with Crippen LogP contribution in [0.5, 0.6) is 0 Å². The van der Waals surface area contributed by atoms with Gasteiger partial charge in [-0.2, -0.15) is 0 Å². The van der Waals surface area contributed by atoms with Crippen LogP contribution in [0.1, 0.15) is 64.2 Å². The molecule has 3 rings (SSSR count). The molecule has 0 bridgehead atoms. The van der Waals surface area contributed by atoms with E-state index in [-0.39, 0.29) is 5.91 Å². The molecule has 1 aliphatic carbocycles. The van der Waals surface area contributed by atoms with Gasteiger partial charge in [0.2, 0.25) is 11.8 Å². The van der Waals surface area contributed by atoms with E-state index in [4.69, 9.17) is 0 Å². The van der Waals surface area contributed by atoms with E-state index in [1.54, 1.807) is 0 Å². The number of hydrogen-bond acceptors (Lipinski definition) is 3. The Morgan fingerprint density at radius 3 is 2.12 bits per heavy atom. The molecule has 0 aromatic carbocycles. The molecule has 3 fully saturated rings. The monoisotopic (exact) mass is 335 g/mol. The Morgan fingerprint density at radius 1 is 0.833 bits per heavy atom. The van der Waals surface area contributed by atoms with Gasteiger partial charge in [0, 0.05) is 45.1 Å². The summed E-state index contributed by atoms with van der Waals surface area (Å²) in [6, 6.07) is 0.368. The molecule has 2 amide bonds. The van der Waals surface area contributed by atoms with Crippen molar-refractivity contribution in [2.75, 3.05) is 32.7 Å². The predicted molar refractivity (Wildman–Crippen MR) is 94.6 cm³/mol. The molecule has 5 heteroatoms. The summed E-state index contributed by atoms with van der Waals surface area (Å²) in [4.78, 5) is 28.7. The van der Waals surface area contributed by atoms with Crippen molar-refractivity contribution in [1.82, 2.24) is 15.1 Å². The first-order valence-electron chi connectivity index (χ1n) is 10.0. The standard InChI is InChI=1S/C19H33N3O2/c23-18(9-8-16-5-2-1-3-6-16)21-11-13-22(14-12-21)19(24)15-17-7-4-10-20-17/h16-17,20H,1-15H2. The van der Waals surface area contributed by atoms with Crippen LogP contribution < -0.4 is 5.32 Å². The molecular weight excluding hydrogens is 302 g/mol. The Balaban J connectivity index is 1.34. The molecule has 0 aromatic heterocycles.